The van der Waals surface area contributed by atoms with E-state index in [2.05, 4.69) is 4.99 Å². The van der Waals surface area contributed by atoms with Crippen LogP contribution >= 0.6 is 0 Å². The molecule has 0 bridgehead atoms. The molecule has 2 N–H and O–H groups in total. The Kier molecular flexibility index (Phi) is 3.27. The van der Waals surface area contributed by atoms with E-state index in [1.165, 1.54) is 0 Å². The molecule has 1 aliphatic rings. The second-order valence-corrected chi connectivity index (χ2v) is 3.89. The van der Waals surface area contributed by atoms with Gasteiger partial charge in [-0.25, -0.2) is 4.99 Å². The van der Waals surface area contributed by atoms with Crippen LogP contribution in [-0.2, 0) is 9.53 Å². The van der Waals surface area contributed by atoms with E-state index in [1.807, 2.05) is 12.1 Å². The van der Waals surface area contributed by atoms with Crippen LogP contribution < -0.4 is 5.73 Å². The first kappa shape index (κ1) is 11.4. The monoisotopic (exact) mass is 233 g/mol. The lowest BCUT2D eigenvalue weighted by molar-refractivity contribution is -0.129. The van der Waals surface area contributed by atoms with Gasteiger partial charge in [0.05, 0.1) is 18.8 Å². The quantitative estimate of drug-likeness (QED) is 0.740. The summed E-state index contributed by atoms with van der Waals surface area (Å²) >= 11 is 0. The number of morpholine rings is 1. The van der Waals surface area contributed by atoms with Crippen LogP contribution in [0.25, 0.3) is 0 Å². The molecular weight excluding hydrogens is 218 g/mol. The molecule has 0 unspecified atom stereocenters. The lowest BCUT2D eigenvalue weighted by Crippen LogP contribution is -2.42. The number of rotatable bonds is 1. The SMILES string of the molecule is CC(=O)N1CCO/C(=N/c2cccc(N)c2)C1. The predicted molar refractivity (Wildman–Crippen MR) is 66.2 cm³/mol. The van der Waals surface area contributed by atoms with Gasteiger partial charge in [0.15, 0.2) is 0 Å². The van der Waals surface area contributed by atoms with Gasteiger partial charge >= 0.3 is 0 Å². The van der Waals surface area contributed by atoms with Crippen molar-refractivity contribution >= 4 is 23.2 Å². The summed E-state index contributed by atoms with van der Waals surface area (Å²) in [5.41, 5.74) is 7.06. The molecule has 1 amide bonds. The van der Waals surface area contributed by atoms with Crippen LogP contribution in [0.4, 0.5) is 11.4 Å². The maximum Gasteiger partial charge on any atom is 0.220 e. The lowest BCUT2D eigenvalue weighted by atomic mass is 10.3. The molecule has 0 aromatic heterocycles. The van der Waals surface area contributed by atoms with Crippen LogP contribution in [0.3, 0.4) is 0 Å². The molecule has 1 aromatic rings. The van der Waals surface area contributed by atoms with E-state index >= 15 is 0 Å². The van der Waals surface area contributed by atoms with Gasteiger partial charge in [-0.3, -0.25) is 4.79 Å². The number of ether oxygens (including phenoxy) is 1. The van der Waals surface area contributed by atoms with E-state index in [9.17, 15) is 4.79 Å². The Balaban J connectivity index is 2.14. The van der Waals surface area contributed by atoms with Crippen molar-refractivity contribution in [2.24, 2.45) is 4.99 Å². The minimum Gasteiger partial charge on any atom is -0.478 e. The summed E-state index contributed by atoms with van der Waals surface area (Å²) in [4.78, 5) is 17.3. The Bertz CT molecular complexity index is 457. The molecule has 2 rings (SSSR count). The van der Waals surface area contributed by atoms with E-state index in [1.54, 1.807) is 24.0 Å². The summed E-state index contributed by atoms with van der Waals surface area (Å²) in [6.45, 7) is 3.07. The number of hydrogen-bond acceptors (Lipinski definition) is 4. The first-order chi connectivity index (χ1) is 8.15. The minimum absolute atomic E-state index is 0.0357. The maximum atomic E-state index is 11.2. The fraction of sp³-hybridized carbons (Fsp3) is 0.333. The Morgan fingerprint density at radius 1 is 1.53 bits per heavy atom. The highest BCUT2D eigenvalue weighted by molar-refractivity contribution is 5.86. The number of carbonyl (C=O) groups excluding carboxylic acids is 1. The van der Waals surface area contributed by atoms with E-state index in [0.29, 0.717) is 31.3 Å². The third kappa shape index (κ3) is 2.96. The van der Waals surface area contributed by atoms with Gasteiger partial charge in [-0.1, -0.05) is 6.07 Å². The van der Waals surface area contributed by atoms with Gasteiger partial charge in [0.25, 0.3) is 0 Å². The molecule has 1 heterocycles. The topological polar surface area (TPSA) is 67.9 Å². The molecule has 0 spiro atoms. The Morgan fingerprint density at radius 3 is 3.06 bits per heavy atom. The van der Waals surface area contributed by atoms with Crippen LogP contribution in [0, 0.1) is 0 Å². The van der Waals surface area contributed by atoms with Gasteiger partial charge in [0.2, 0.25) is 11.8 Å². The number of benzene rings is 1. The standard InChI is InChI=1S/C12H15N3O2/c1-9(16)15-5-6-17-12(8-15)14-11-4-2-3-10(13)7-11/h2-4,7H,5-6,8,13H2,1H3/b14-12+. The van der Waals surface area contributed by atoms with Gasteiger partial charge in [-0.15, -0.1) is 0 Å². The number of nitrogen functional groups attached to an aromatic ring is 1. The maximum absolute atomic E-state index is 11.2. The zero-order chi connectivity index (χ0) is 12.3. The van der Waals surface area contributed by atoms with E-state index in [4.69, 9.17) is 10.5 Å². The zero-order valence-corrected chi connectivity index (χ0v) is 9.72. The molecule has 0 atom stereocenters. The number of hydrogen-bond donors (Lipinski definition) is 1. The van der Waals surface area contributed by atoms with Gasteiger partial charge in [0.1, 0.15) is 6.61 Å². The number of carbonyl (C=O) groups is 1. The van der Waals surface area contributed by atoms with Crippen molar-refractivity contribution in [1.82, 2.24) is 4.90 Å². The van der Waals surface area contributed by atoms with E-state index < -0.39 is 0 Å². The molecule has 90 valence electrons. The highest BCUT2D eigenvalue weighted by Gasteiger charge is 2.18. The minimum atomic E-state index is 0.0357. The van der Waals surface area contributed by atoms with Crippen LogP contribution in [0.2, 0.25) is 0 Å². The summed E-state index contributed by atoms with van der Waals surface area (Å²) in [7, 11) is 0. The van der Waals surface area contributed by atoms with Gasteiger partial charge in [-0.05, 0) is 18.2 Å². The summed E-state index contributed by atoms with van der Waals surface area (Å²) < 4.78 is 5.42. The molecule has 0 saturated carbocycles. The molecule has 5 nitrogen and oxygen atoms in total. The highest BCUT2D eigenvalue weighted by Crippen LogP contribution is 2.16. The Morgan fingerprint density at radius 2 is 2.35 bits per heavy atom. The number of anilines is 1. The number of amides is 1. The van der Waals surface area contributed by atoms with Gasteiger partial charge < -0.3 is 15.4 Å². The molecule has 17 heavy (non-hydrogen) atoms. The third-order valence-corrected chi connectivity index (χ3v) is 2.53. The van der Waals surface area contributed by atoms with Crippen LogP contribution in [0.15, 0.2) is 29.3 Å². The molecule has 1 saturated heterocycles. The molecular formula is C12H15N3O2. The van der Waals surface area contributed by atoms with Crippen LogP contribution in [-0.4, -0.2) is 36.4 Å². The van der Waals surface area contributed by atoms with Gasteiger partial charge in [-0.2, -0.15) is 0 Å². The largest absolute Gasteiger partial charge is 0.478 e. The lowest BCUT2D eigenvalue weighted by Gasteiger charge is -2.26. The van der Waals surface area contributed by atoms with Crippen LogP contribution in [0.5, 0.6) is 0 Å². The second-order valence-electron chi connectivity index (χ2n) is 3.89. The molecule has 5 heteroatoms. The zero-order valence-electron chi connectivity index (χ0n) is 9.72. The average Bonchev–Trinajstić information content (AvgIpc) is 2.29. The molecule has 1 aromatic carbocycles. The fourth-order valence-corrected chi connectivity index (χ4v) is 1.64. The van der Waals surface area contributed by atoms with E-state index in [-0.39, 0.29) is 5.91 Å². The van der Waals surface area contributed by atoms with Gasteiger partial charge in [0, 0.05) is 12.6 Å². The number of nitrogens with zero attached hydrogens (tertiary/aromatic N) is 2. The summed E-state index contributed by atoms with van der Waals surface area (Å²) in [5, 5.41) is 0. The summed E-state index contributed by atoms with van der Waals surface area (Å²) in [6.07, 6.45) is 0. The first-order valence-corrected chi connectivity index (χ1v) is 5.46. The summed E-state index contributed by atoms with van der Waals surface area (Å²) in [6, 6.07) is 7.25. The normalized spacial score (nSPS) is 17.9. The highest BCUT2D eigenvalue weighted by atomic mass is 16.5. The molecule has 1 fully saturated rings. The van der Waals surface area contributed by atoms with Crippen molar-refractivity contribution < 1.29 is 9.53 Å². The van der Waals surface area contributed by atoms with Crippen molar-refractivity contribution in [1.29, 1.82) is 0 Å². The molecule has 0 aliphatic carbocycles. The second kappa shape index (κ2) is 4.86. The van der Waals surface area contributed by atoms with E-state index in [0.717, 1.165) is 5.69 Å². The summed E-state index contributed by atoms with van der Waals surface area (Å²) in [5.74, 6) is 0.589. The third-order valence-electron chi connectivity index (χ3n) is 2.53. The fourth-order valence-electron chi connectivity index (χ4n) is 1.64. The van der Waals surface area contributed by atoms with Crippen molar-refractivity contribution in [3.8, 4) is 0 Å². The Hall–Kier alpha value is -2.04. The predicted octanol–water partition coefficient (Wildman–Crippen LogP) is 1.18. The van der Waals surface area contributed by atoms with Crippen LogP contribution in [0.1, 0.15) is 6.92 Å². The molecule has 1 aliphatic heterocycles. The average molecular weight is 233 g/mol. The molecule has 0 radical (unpaired) electrons. The first-order valence-electron chi connectivity index (χ1n) is 5.46. The van der Waals surface area contributed by atoms with Crippen molar-refractivity contribution in [3.63, 3.8) is 0 Å². The number of nitrogens with two attached hydrogens (primary N) is 1. The number of aliphatic imine (C=N–C) groups is 1. The van der Waals surface area contributed by atoms with Crippen molar-refractivity contribution in [3.05, 3.63) is 24.3 Å². The van der Waals surface area contributed by atoms with Crippen molar-refractivity contribution in [2.75, 3.05) is 25.4 Å². The van der Waals surface area contributed by atoms with Crippen molar-refractivity contribution in [2.45, 2.75) is 6.92 Å². The Labute approximate surface area is 99.9 Å². The smallest absolute Gasteiger partial charge is 0.220 e.